The fourth-order valence-corrected chi connectivity index (χ4v) is 2.94. The maximum atomic E-state index is 12.2. The van der Waals surface area contributed by atoms with E-state index in [1.54, 1.807) is 0 Å². The smallest absolute Gasteiger partial charge is 0.224 e. The third-order valence-corrected chi connectivity index (χ3v) is 4.35. The number of likely N-dealkylation sites (N-methyl/N-ethyl adjacent to an activating group) is 1. The average molecular weight is 322 g/mol. The first kappa shape index (κ1) is 16.8. The number of carbonyl (C=O) groups is 1. The van der Waals surface area contributed by atoms with Crippen LogP contribution in [-0.2, 0) is 11.2 Å². The summed E-state index contributed by atoms with van der Waals surface area (Å²) >= 11 is 6.03. The molecule has 120 valence electrons. The van der Waals surface area contributed by atoms with E-state index in [4.69, 9.17) is 11.6 Å². The van der Waals surface area contributed by atoms with Gasteiger partial charge in [-0.05, 0) is 43.8 Å². The molecule has 0 aliphatic heterocycles. The van der Waals surface area contributed by atoms with E-state index in [1.165, 1.54) is 0 Å². The summed E-state index contributed by atoms with van der Waals surface area (Å²) in [6, 6.07) is 6.02. The van der Waals surface area contributed by atoms with E-state index in [9.17, 15) is 4.79 Å². The monoisotopic (exact) mass is 321 g/mol. The van der Waals surface area contributed by atoms with Gasteiger partial charge in [0.15, 0.2) is 0 Å². The number of hydrogen-bond donors (Lipinski definition) is 2. The summed E-state index contributed by atoms with van der Waals surface area (Å²) in [6.45, 7) is 9.07. The second kappa shape index (κ2) is 7.65. The molecule has 1 aromatic heterocycles. The van der Waals surface area contributed by atoms with E-state index >= 15 is 0 Å². The second-order valence-corrected chi connectivity index (χ2v) is 5.99. The summed E-state index contributed by atoms with van der Waals surface area (Å²) in [5, 5.41) is 4.72. The van der Waals surface area contributed by atoms with Crippen LogP contribution < -0.4 is 5.32 Å². The molecule has 0 bridgehead atoms. The van der Waals surface area contributed by atoms with Crippen LogP contribution in [0.3, 0.4) is 0 Å². The average Bonchev–Trinajstić information content (AvgIpc) is 2.88. The topological polar surface area (TPSA) is 48.1 Å². The minimum absolute atomic E-state index is 0.0416. The molecule has 5 heteroatoms. The Hall–Kier alpha value is -1.52. The molecule has 0 saturated carbocycles. The van der Waals surface area contributed by atoms with Gasteiger partial charge in [-0.15, -0.1) is 0 Å². The van der Waals surface area contributed by atoms with Crippen LogP contribution in [0.15, 0.2) is 24.4 Å². The van der Waals surface area contributed by atoms with Crippen molar-refractivity contribution in [1.82, 2.24) is 15.2 Å². The van der Waals surface area contributed by atoms with Gasteiger partial charge in [0.05, 0.1) is 6.42 Å². The highest BCUT2D eigenvalue weighted by Crippen LogP contribution is 2.22. The number of nitrogens with zero attached hydrogens (tertiary/aromatic N) is 1. The number of aromatic nitrogens is 1. The van der Waals surface area contributed by atoms with Crippen molar-refractivity contribution in [3.8, 4) is 0 Å². The first-order chi connectivity index (χ1) is 10.5. The molecule has 1 heterocycles. The fraction of sp³-hybridized carbons (Fsp3) is 0.471. The predicted molar refractivity (Wildman–Crippen MR) is 92.4 cm³/mol. The lowest BCUT2D eigenvalue weighted by molar-refractivity contribution is -0.120. The number of fused-ring (bicyclic) bond motifs is 1. The molecule has 1 aromatic carbocycles. The molecular formula is C17H24ClN3O. The number of rotatable bonds is 7. The van der Waals surface area contributed by atoms with Crippen LogP contribution in [0.5, 0.6) is 0 Å². The fourth-order valence-electron chi connectivity index (χ4n) is 2.77. The molecular weight excluding hydrogens is 298 g/mol. The van der Waals surface area contributed by atoms with Gasteiger partial charge in [-0.2, -0.15) is 0 Å². The van der Waals surface area contributed by atoms with Crippen LogP contribution in [-0.4, -0.2) is 41.5 Å². The SMILES string of the molecule is CCN(CC)C(C)CNC(=O)Cc1c[nH]c2ccc(Cl)cc12. The largest absolute Gasteiger partial charge is 0.361 e. The van der Waals surface area contributed by atoms with Crippen LogP contribution in [0.1, 0.15) is 26.3 Å². The van der Waals surface area contributed by atoms with Gasteiger partial charge in [-0.25, -0.2) is 0 Å². The van der Waals surface area contributed by atoms with Crippen molar-refractivity contribution in [3.05, 3.63) is 35.0 Å². The number of H-pyrrole nitrogens is 1. The van der Waals surface area contributed by atoms with Crippen molar-refractivity contribution in [1.29, 1.82) is 0 Å². The van der Waals surface area contributed by atoms with Gasteiger partial charge < -0.3 is 10.3 Å². The summed E-state index contributed by atoms with van der Waals surface area (Å²) in [5.74, 6) is 0.0416. The lowest BCUT2D eigenvalue weighted by Crippen LogP contribution is -2.42. The first-order valence-corrected chi connectivity index (χ1v) is 8.19. The molecule has 0 aliphatic carbocycles. The highest BCUT2D eigenvalue weighted by Gasteiger charge is 2.13. The summed E-state index contributed by atoms with van der Waals surface area (Å²) in [4.78, 5) is 17.7. The van der Waals surface area contributed by atoms with E-state index in [2.05, 4.69) is 36.0 Å². The van der Waals surface area contributed by atoms with Crippen molar-refractivity contribution >= 4 is 28.4 Å². The van der Waals surface area contributed by atoms with Crippen LogP contribution >= 0.6 is 11.6 Å². The molecule has 2 rings (SSSR count). The Bertz CT molecular complexity index is 634. The minimum Gasteiger partial charge on any atom is -0.361 e. The standard InChI is InChI=1S/C17H24ClN3O/c1-4-21(5-2)12(3)10-20-17(22)8-13-11-19-16-7-6-14(18)9-15(13)16/h6-7,9,11-12,19H,4-5,8,10H2,1-3H3,(H,20,22). The van der Waals surface area contributed by atoms with Crippen molar-refractivity contribution < 1.29 is 4.79 Å². The summed E-state index contributed by atoms with van der Waals surface area (Å²) in [7, 11) is 0. The Kier molecular flexibility index (Phi) is 5.86. The van der Waals surface area contributed by atoms with E-state index in [0.717, 1.165) is 29.6 Å². The maximum Gasteiger partial charge on any atom is 0.224 e. The van der Waals surface area contributed by atoms with Gasteiger partial charge in [0.2, 0.25) is 5.91 Å². The summed E-state index contributed by atoms with van der Waals surface area (Å²) in [5.41, 5.74) is 1.98. The third-order valence-electron chi connectivity index (χ3n) is 4.11. The number of amides is 1. The Balaban J connectivity index is 1.95. The summed E-state index contributed by atoms with van der Waals surface area (Å²) < 4.78 is 0. The number of benzene rings is 1. The molecule has 0 fully saturated rings. The maximum absolute atomic E-state index is 12.2. The van der Waals surface area contributed by atoms with Gasteiger partial charge in [-0.1, -0.05) is 25.4 Å². The van der Waals surface area contributed by atoms with Gasteiger partial charge in [0.25, 0.3) is 0 Å². The molecule has 0 spiro atoms. The zero-order valence-corrected chi connectivity index (χ0v) is 14.2. The first-order valence-electron chi connectivity index (χ1n) is 7.81. The molecule has 0 aliphatic rings. The van der Waals surface area contributed by atoms with Gasteiger partial charge in [0.1, 0.15) is 0 Å². The van der Waals surface area contributed by atoms with Crippen molar-refractivity contribution in [2.24, 2.45) is 0 Å². The molecule has 1 atom stereocenters. The molecule has 2 N–H and O–H groups in total. The molecule has 1 unspecified atom stereocenters. The lowest BCUT2D eigenvalue weighted by atomic mass is 10.1. The molecule has 22 heavy (non-hydrogen) atoms. The van der Waals surface area contributed by atoms with E-state index in [1.807, 2.05) is 24.4 Å². The van der Waals surface area contributed by atoms with E-state index < -0.39 is 0 Å². The molecule has 4 nitrogen and oxygen atoms in total. The second-order valence-electron chi connectivity index (χ2n) is 5.55. The zero-order valence-electron chi connectivity index (χ0n) is 13.4. The van der Waals surface area contributed by atoms with Crippen LogP contribution in [0.2, 0.25) is 5.02 Å². The number of nitrogens with one attached hydrogen (secondary N) is 2. The van der Waals surface area contributed by atoms with Crippen molar-refractivity contribution in [2.75, 3.05) is 19.6 Å². The molecule has 1 amide bonds. The Morgan fingerprint density at radius 2 is 2.09 bits per heavy atom. The highest BCUT2D eigenvalue weighted by atomic mass is 35.5. The van der Waals surface area contributed by atoms with Crippen LogP contribution in [0.25, 0.3) is 10.9 Å². The molecule has 0 saturated heterocycles. The van der Waals surface area contributed by atoms with Crippen LogP contribution in [0.4, 0.5) is 0 Å². The number of aromatic amines is 1. The quantitative estimate of drug-likeness (QED) is 0.822. The Morgan fingerprint density at radius 1 is 1.36 bits per heavy atom. The van der Waals surface area contributed by atoms with E-state index in [0.29, 0.717) is 24.0 Å². The predicted octanol–water partition coefficient (Wildman–Crippen LogP) is 3.21. The normalized spacial score (nSPS) is 12.8. The van der Waals surface area contributed by atoms with Crippen LogP contribution in [0, 0.1) is 0 Å². The van der Waals surface area contributed by atoms with Gasteiger partial charge >= 0.3 is 0 Å². The number of carbonyl (C=O) groups excluding carboxylic acids is 1. The van der Waals surface area contributed by atoms with Gasteiger partial charge in [0, 0.05) is 34.7 Å². The molecule has 0 radical (unpaired) electrons. The van der Waals surface area contributed by atoms with Gasteiger partial charge in [-0.3, -0.25) is 9.69 Å². The van der Waals surface area contributed by atoms with E-state index in [-0.39, 0.29) is 5.91 Å². The summed E-state index contributed by atoms with van der Waals surface area (Å²) in [6.07, 6.45) is 2.25. The Morgan fingerprint density at radius 3 is 2.77 bits per heavy atom. The van der Waals surface area contributed by atoms with Crippen molar-refractivity contribution in [2.45, 2.75) is 33.2 Å². The number of halogens is 1. The Labute approximate surface area is 136 Å². The third kappa shape index (κ3) is 4.02. The molecule has 2 aromatic rings. The minimum atomic E-state index is 0.0416. The number of hydrogen-bond acceptors (Lipinski definition) is 2. The highest BCUT2D eigenvalue weighted by molar-refractivity contribution is 6.31. The lowest BCUT2D eigenvalue weighted by Gasteiger charge is -2.26. The zero-order chi connectivity index (χ0) is 16.1. The van der Waals surface area contributed by atoms with Crippen molar-refractivity contribution in [3.63, 3.8) is 0 Å².